The lowest BCUT2D eigenvalue weighted by atomic mass is 10.2. The Morgan fingerprint density at radius 2 is 2.00 bits per heavy atom. The fourth-order valence-corrected chi connectivity index (χ4v) is 1.21. The average molecular weight is 172 g/mol. The minimum absolute atomic E-state index is 0.459. The van der Waals surface area contributed by atoms with Crippen LogP contribution >= 0.6 is 0 Å². The van der Waals surface area contributed by atoms with Gasteiger partial charge in [-0.3, -0.25) is 4.98 Å². The molecule has 0 saturated heterocycles. The lowest BCUT2D eigenvalue weighted by Crippen LogP contribution is -1.86. The summed E-state index contributed by atoms with van der Waals surface area (Å²) >= 11 is 0. The highest BCUT2D eigenvalue weighted by molar-refractivity contribution is 5.50. The zero-order valence-corrected chi connectivity index (χ0v) is 7.91. The molecule has 0 spiro atoms. The van der Waals surface area contributed by atoms with Crippen molar-refractivity contribution in [2.45, 2.75) is 20.3 Å². The Hall–Kier alpha value is -1.62. The van der Waals surface area contributed by atoms with Crippen molar-refractivity contribution in [3.05, 3.63) is 35.2 Å². The Kier molecular flexibility index (Phi) is 3.22. The second-order valence-electron chi connectivity index (χ2n) is 2.95. The van der Waals surface area contributed by atoms with Crippen molar-refractivity contribution in [1.29, 1.82) is 5.26 Å². The van der Waals surface area contributed by atoms with Crippen LogP contribution in [-0.2, 0) is 0 Å². The standard InChI is InChI=1S/C11H12N2/c1-9-7-11(5-3-4-6-12)8-10(2)13-9/h3,5,7-8H,4H2,1-2H3. The summed E-state index contributed by atoms with van der Waals surface area (Å²) in [6.45, 7) is 3.93. The van der Waals surface area contributed by atoms with Crippen molar-refractivity contribution in [3.8, 4) is 6.07 Å². The van der Waals surface area contributed by atoms with E-state index in [-0.39, 0.29) is 0 Å². The number of aryl methyl sites for hydroxylation is 2. The van der Waals surface area contributed by atoms with E-state index in [1.54, 1.807) is 0 Å². The lowest BCUT2D eigenvalue weighted by Gasteiger charge is -1.98. The summed E-state index contributed by atoms with van der Waals surface area (Å²) in [5, 5.41) is 8.34. The summed E-state index contributed by atoms with van der Waals surface area (Å²) < 4.78 is 0. The van der Waals surface area contributed by atoms with Crippen LogP contribution in [0.25, 0.3) is 6.08 Å². The summed E-state index contributed by atoms with van der Waals surface area (Å²) in [4.78, 5) is 4.26. The average Bonchev–Trinajstić information content (AvgIpc) is 2.03. The molecular formula is C11H12N2. The SMILES string of the molecule is Cc1cc(C=CCC#N)cc(C)n1. The third kappa shape index (κ3) is 3.08. The summed E-state index contributed by atoms with van der Waals surface area (Å²) in [5.74, 6) is 0. The van der Waals surface area contributed by atoms with Crippen LogP contribution in [0.3, 0.4) is 0 Å². The maximum atomic E-state index is 8.34. The minimum atomic E-state index is 0.459. The quantitative estimate of drug-likeness (QED) is 0.687. The molecule has 0 unspecified atom stereocenters. The molecule has 0 aliphatic rings. The molecule has 0 atom stereocenters. The van der Waals surface area contributed by atoms with Crippen LogP contribution < -0.4 is 0 Å². The summed E-state index contributed by atoms with van der Waals surface area (Å²) in [5.41, 5.74) is 3.13. The summed E-state index contributed by atoms with van der Waals surface area (Å²) in [7, 11) is 0. The number of allylic oxidation sites excluding steroid dienone is 1. The van der Waals surface area contributed by atoms with Crippen LogP contribution in [0.15, 0.2) is 18.2 Å². The second-order valence-corrected chi connectivity index (χ2v) is 2.95. The smallest absolute Gasteiger partial charge is 0.0663 e. The summed E-state index contributed by atoms with van der Waals surface area (Å²) in [6.07, 6.45) is 4.26. The molecule has 13 heavy (non-hydrogen) atoms. The molecule has 0 amide bonds. The fourth-order valence-electron chi connectivity index (χ4n) is 1.21. The Labute approximate surface area is 78.5 Å². The van der Waals surface area contributed by atoms with Gasteiger partial charge in [-0.2, -0.15) is 5.26 Å². The molecule has 1 aromatic heterocycles. The predicted octanol–water partition coefficient (Wildman–Crippen LogP) is 2.63. The topological polar surface area (TPSA) is 36.7 Å². The maximum Gasteiger partial charge on any atom is 0.0663 e. The number of nitrogens with zero attached hydrogens (tertiary/aromatic N) is 2. The van der Waals surface area contributed by atoms with Gasteiger partial charge in [0.15, 0.2) is 0 Å². The fraction of sp³-hybridized carbons (Fsp3) is 0.273. The van der Waals surface area contributed by atoms with Crippen molar-refractivity contribution < 1.29 is 0 Å². The normalized spacial score (nSPS) is 10.2. The van der Waals surface area contributed by atoms with E-state index in [4.69, 9.17) is 5.26 Å². The highest BCUT2D eigenvalue weighted by Gasteiger charge is 1.92. The first-order valence-electron chi connectivity index (χ1n) is 4.21. The van der Waals surface area contributed by atoms with Gasteiger partial charge in [-0.25, -0.2) is 0 Å². The predicted molar refractivity (Wildman–Crippen MR) is 53.0 cm³/mol. The van der Waals surface area contributed by atoms with Crippen LogP contribution in [0.4, 0.5) is 0 Å². The van der Waals surface area contributed by atoms with E-state index >= 15 is 0 Å². The van der Waals surface area contributed by atoms with Gasteiger partial charge in [-0.15, -0.1) is 0 Å². The first-order valence-corrected chi connectivity index (χ1v) is 4.21. The van der Waals surface area contributed by atoms with Gasteiger partial charge in [0.2, 0.25) is 0 Å². The Morgan fingerprint density at radius 3 is 2.54 bits per heavy atom. The second kappa shape index (κ2) is 4.42. The van der Waals surface area contributed by atoms with Crippen molar-refractivity contribution in [3.63, 3.8) is 0 Å². The van der Waals surface area contributed by atoms with Gasteiger partial charge in [0, 0.05) is 11.4 Å². The van der Waals surface area contributed by atoms with Crippen LogP contribution in [0, 0.1) is 25.2 Å². The third-order valence-electron chi connectivity index (χ3n) is 1.62. The Bertz CT molecular complexity index is 339. The highest BCUT2D eigenvalue weighted by Crippen LogP contribution is 2.06. The lowest BCUT2D eigenvalue weighted by molar-refractivity contribution is 1.12. The third-order valence-corrected chi connectivity index (χ3v) is 1.62. The van der Waals surface area contributed by atoms with Gasteiger partial charge >= 0.3 is 0 Å². The Morgan fingerprint density at radius 1 is 1.38 bits per heavy atom. The number of aromatic nitrogens is 1. The van der Waals surface area contributed by atoms with E-state index in [9.17, 15) is 0 Å². The van der Waals surface area contributed by atoms with Crippen LogP contribution in [-0.4, -0.2) is 4.98 Å². The molecule has 0 saturated carbocycles. The molecule has 0 aliphatic heterocycles. The van der Waals surface area contributed by atoms with Crippen molar-refractivity contribution in [1.82, 2.24) is 4.98 Å². The number of rotatable bonds is 2. The molecule has 2 heteroatoms. The number of hydrogen-bond donors (Lipinski definition) is 0. The molecule has 66 valence electrons. The van der Waals surface area contributed by atoms with E-state index in [0.717, 1.165) is 17.0 Å². The van der Waals surface area contributed by atoms with Gasteiger partial charge in [0.1, 0.15) is 0 Å². The van der Waals surface area contributed by atoms with Gasteiger partial charge in [0.05, 0.1) is 12.5 Å². The molecule has 1 aromatic rings. The zero-order valence-electron chi connectivity index (χ0n) is 7.91. The Balaban J connectivity index is 2.84. The van der Waals surface area contributed by atoms with Crippen molar-refractivity contribution >= 4 is 6.08 Å². The van der Waals surface area contributed by atoms with Gasteiger partial charge in [-0.1, -0.05) is 12.2 Å². The van der Waals surface area contributed by atoms with Gasteiger partial charge in [0.25, 0.3) is 0 Å². The van der Waals surface area contributed by atoms with E-state index in [0.29, 0.717) is 6.42 Å². The van der Waals surface area contributed by atoms with E-state index in [1.807, 2.05) is 38.1 Å². The molecule has 2 nitrogen and oxygen atoms in total. The minimum Gasteiger partial charge on any atom is -0.258 e. The largest absolute Gasteiger partial charge is 0.258 e. The highest BCUT2D eigenvalue weighted by atomic mass is 14.7. The molecule has 0 bridgehead atoms. The van der Waals surface area contributed by atoms with Crippen LogP contribution in [0.2, 0.25) is 0 Å². The van der Waals surface area contributed by atoms with E-state index in [1.165, 1.54) is 0 Å². The molecule has 0 N–H and O–H groups in total. The molecule has 1 rings (SSSR count). The molecule has 0 fully saturated rings. The van der Waals surface area contributed by atoms with Crippen molar-refractivity contribution in [2.24, 2.45) is 0 Å². The first-order chi connectivity index (χ1) is 6.22. The molecule has 0 radical (unpaired) electrons. The van der Waals surface area contributed by atoms with Gasteiger partial charge < -0.3 is 0 Å². The van der Waals surface area contributed by atoms with Crippen LogP contribution in [0.1, 0.15) is 23.4 Å². The van der Waals surface area contributed by atoms with E-state index < -0.39 is 0 Å². The van der Waals surface area contributed by atoms with Gasteiger partial charge in [-0.05, 0) is 31.5 Å². The monoisotopic (exact) mass is 172 g/mol. The molecule has 0 aliphatic carbocycles. The molecule has 0 aromatic carbocycles. The number of hydrogen-bond acceptors (Lipinski definition) is 2. The molecular weight excluding hydrogens is 160 g/mol. The number of pyridine rings is 1. The van der Waals surface area contributed by atoms with E-state index in [2.05, 4.69) is 11.1 Å². The maximum absolute atomic E-state index is 8.34. The number of nitriles is 1. The zero-order chi connectivity index (χ0) is 9.68. The van der Waals surface area contributed by atoms with Crippen LogP contribution in [0.5, 0.6) is 0 Å². The first kappa shape index (κ1) is 9.47. The molecule has 1 heterocycles. The summed E-state index contributed by atoms with van der Waals surface area (Å²) in [6, 6.07) is 6.07. The van der Waals surface area contributed by atoms with Crippen molar-refractivity contribution in [2.75, 3.05) is 0 Å².